The maximum Gasteiger partial charge on any atom is 0.157 e. The molecule has 0 aromatic heterocycles. The van der Waals surface area contributed by atoms with Gasteiger partial charge >= 0.3 is 0 Å². The Morgan fingerprint density at radius 3 is 2.60 bits per heavy atom. The van der Waals surface area contributed by atoms with Crippen molar-refractivity contribution in [2.24, 2.45) is 0 Å². The Balaban J connectivity index is 2.46. The van der Waals surface area contributed by atoms with E-state index < -0.39 is 0 Å². The van der Waals surface area contributed by atoms with Crippen molar-refractivity contribution in [2.45, 2.75) is 32.6 Å². The maximum atomic E-state index is 9.26. The summed E-state index contributed by atoms with van der Waals surface area (Å²) in [7, 11) is 0. The van der Waals surface area contributed by atoms with Gasteiger partial charge in [0.25, 0.3) is 0 Å². The molecule has 0 saturated heterocycles. The van der Waals surface area contributed by atoms with Crippen molar-refractivity contribution in [2.75, 3.05) is 0 Å². The molecule has 1 rings (SSSR count). The second-order valence-corrected chi connectivity index (χ2v) is 3.65. The van der Waals surface area contributed by atoms with Crippen LogP contribution in [0.25, 0.3) is 6.08 Å². The average molecular weight is 206 g/mol. The second kappa shape index (κ2) is 6.12. The Morgan fingerprint density at radius 1 is 1.13 bits per heavy atom. The summed E-state index contributed by atoms with van der Waals surface area (Å²) >= 11 is 0. The molecule has 0 aliphatic carbocycles. The van der Waals surface area contributed by atoms with Crippen LogP contribution in [0.2, 0.25) is 0 Å². The Labute approximate surface area is 90.9 Å². The number of rotatable bonds is 5. The zero-order valence-electron chi connectivity index (χ0n) is 9.11. The summed E-state index contributed by atoms with van der Waals surface area (Å²) in [6.07, 6.45) is 8.82. The lowest BCUT2D eigenvalue weighted by Crippen LogP contribution is -1.74. The summed E-state index contributed by atoms with van der Waals surface area (Å²) in [4.78, 5) is 0. The summed E-state index contributed by atoms with van der Waals surface area (Å²) in [6.45, 7) is 2.18. The van der Waals surface area contributed by atoms with E-state index in [0.29, 0.717) is 0 Å². The van der Waals surface area contributed by atoms with Gasteiger partial charge < -0.3 is 10.2 Å². The fraction of sp³-hybridized carbons (Fsp3) is 0.385. The quantitative estimate of drug-likeness (QED) is 0.569. The fourth-order valence-corrected chi connectivity index (χ4v) is 1.38. The molecule has 1 aromatic carbocycles. The van der Waals surface area contributed by atoms with Crippen molar-refractivity contribution in [1.82, 2.24) is 0 Å². The van der Waals surface area contributed by atoms with Gasteiger partial charge in [0.15, 0.2) is 11.5 Å². The van der Waals surface area contributed by atoms with Gasteiger partial charge in [-0.25, -0.2) is 0 Å². The number of phenols is 2. The minimum absolute atomic E-state index is 0.0642. The molecule has 0 heterocycles. The van der Waals surface area contributed by atoms with E-state index in [1.165, 1.54) is 25.3 Å². The first-order valence-corrected chi connectivity index (χ1v) is 5.42. The Morgan fingerprint density at radius 2 is 1.93 bits per heavy atom. The zero-order chi connectivity index (χ0) is 11.1. The highest BCUT2D eigenvalue weighted by Gasteiger charge is 1.97. The number of allylic oxidation sites excluding steroid dienone is 1. The predicted molar refractivity (Wildman–Crippen MR) is 62.9 cm³/mol. The lowest BCUT2D eigenvalue weighted by Gasteiger charge is -1.98. The van der Waals surface area contributed by atoms with Gasteiger partial charge in [0, 0.05) is 0 Å². The van der Waals surface area contributed by atoms with Crippen LogP contribution in [0.5, 0.6) is 11.5 Å². The summed E-state index contributed by atoms with van der Waals surface area (Å²) in [6, 6.07) is 4.85. The van der Waals surface area contributed by atoms with Crippen molar-refractivity contribution in [3.63, 3.8) is 0 Å². The fourth-order valence-electron chi connectivity index (χ4n) is 1.38. The molecule has 0 aliphatic rings. The molecular formula is C13H18O2. The molecule has 1 aromatic rings. The van der Waals surface area contributed by atoms with E-state index in [-0.39, 0.29) is 11.5 Å². The SMILES string of the molecule is CCCCCC=Cc1ccc(O)c(O)c1. The van der Waals surface area contributed by atoms with E-state index in [4.69, 9.17) is 5.11 Å². The number of hydrogen-bond acceptors (Lipinski definition) is 2. The summed E-state index contributed by atoms with van der Waals surface area (Å²) < 4.78 is 0. The largest absolute Gasteiger partial charge is 0.504 e. The summed E-state index contributed by atoms with van der Waals surface area (Å²) in [5.41, 5.74) is 0.918. The van der Waals surface area contributed by atoms with Crippen LogP contribution >= 0.6 is 0 Å². The second-order valence-electron chi connectivity index (χ2n) is 3.65. The lowest BCUT2D eigenvalue weighted by atomic mass is 10.1. The van der Waals surface area contributed by atoms with Crippen LogP contribution in [0, 0.1) is 0 Å². The van der Waals surface area contributed by atoms with Gasteiger partial charge in [-0.2, -0.15) is 0 Å². The van der Waals surface area contributed by atoms with E-state index in [2.05, 4.69) is 13.0 Å². The Kier molecular flexibility index (Phi) is 4.75. The Hall–Kier alpha value is -1.44. The molecule has 0 saturated carbocycles. The van der Waals surface area contributed by atoms with Crippen molar-refractivity contribution in [3.8, 4) is 11.5 Å². The van der Waals surface area contributed by atoms with Gasteiger partial charge in [-0.15, -0.1) is 0 Å². The van der Waals surface area contributed by atoms with Gasteiger partial charge in [0.05, 0.1) is 0 Å². The zero-order valence-corrected chi connectivity index (χ0v) is 9.11. The molecule has 2 N–H and O–H groups in total. The van der Waals surface area contributed by atoms with Crippen molar-refractivity contribution in [3.05, 3.63) is 29.8 Å². The minimum Gasteiger partial charge on any atom is -0.504 e. The molecule has 15 heavy (non-hydrogen) atoms. The molecule has 0 amide bonds. The summed E-state index contributed by atoms with van der Waals surface area (Å²) in [5, 5.41) is 18.4. The normalized spacial score (nSPS) is 11.0. The summed E-state index contributed by atoms with van der Waals surface area (Å²) in [5.74, 6) is -0.135. The van der Waals surface area contributed by atoms with E-state index in [1.807, 2.05) is 6.08 Å². The third kappa shape index (κ3) is 4.07. The first kappa shape index (κ1) is 11.6. The van der Waals surface area contributed by atoms with E-state index in [1.54, 1.807) is 12.1 Å². The monoisotopic (exact) mass is 206 g/mol. The smallest absolute Gasteiger partial charge is 0.157 e. The number of hydrogen-bond donors (Lipinski definition) is 2. The molecule has 2 heteroatoms. The number of unbranched alkanes of at least 4 members (excludes halogenated alkanes) is 3. The molecular weight excluding hydrogens is 188 g/mol. The highest BCUT2D eigenvalue weighted by Crippen LogP contribution is 2.25. The predicted octanol–water partition coefficient (Wildman–Crippen LogP) is 3.69. The van der Waals surface area contributed by atoms with Crippen molar-refractivity contribution < 1.29 is 10.2 Å². The van der Waals surface area contributed by atoms with Crippen molar-refractivity contribution >= 4 is 6.08 Å². The third-order valence-corrected chi connectivity index (χ3v) is 2.28. The van der Waals surface area contributed by atoms with Crippen LogP contribution in [0.1, 0.15) is 38.2 Å². The molecule has 0 aliphatic heterocycles. The molecule has 82 valence electrons. The van der Waals surface area contributed by atoms with E-state index >= 15 is 0 Å². The van der Waals surface area contributed by atoms with Gasteiger partial charge in [-0.05, 0) is 30.5 Å². The van der Waals surface area contributed by atoms with Crippen LogP contribution in [0.3, 0.4) is 0 Å². The third-order valence-electron chi connectivity index (χ3n) is 2.28. The highest BCUT2D eigenvalue weighted by molar-refractivity contribution is 5.54. The van der Waals surface area contributed by atoms with Crippen LogP contribution in [-0.4, -0.2) is 10.2 Å². The lowest BCUT2D eigenvalue weighted by molar-refractivity contribution is 0.403. The van der Waals surface area contributed by atoms with E-state index in [9.17, 15) is 5.11 Å². The van der Waals surface area contributed by atoms with Crippen LogP contribution in [0.15, 0.2) is 24.3 Å². The standard InChI is InChI=1S/C13H18O2/c1-2-3-4-5-6-7-11-8-9-12(14)13(15)10-11/h6-10,14-15H,2-5H2,1H3. The average Bonchev–Trinajstić information content (AvgIpc) is 2.23. The minimum atomic E-state index is -0.0712. The first-order chi connectivity index (χ1) is 7.24. The molecule has 0 bridgehead atoms. The first-order valence-electron chi connectivity index (χ1n) is 5.42. The van der Waals surface area contributed by atoms with Crippen molar-refractivity contribution in [1.29, 1.82) is 0 Å². The van der Waals surface area contributed by atoms with E-state index in [0.717, 1.165) is 12.0 Å². The number of aromatic hydroxyl groups is 2. The molecule has 0 unspecified atom stereocenters. The molecule has 0 fully saturated rings. The van der Waals surface area contributed by atoms with Gasteiger partial charge in [0.1, 0.15) is 0 Å². The van der Waals surface area contributed by atoms with Gasteiger partial charge in [0.2, 0.25) is 0 Å². The number of phenolic OH excluding ortho intramolecular Hbond substituents is 2. The van der Waals surface area contributed by atoms with Crippen LogP contribution < -0.4 is 0 Å². The van der Waals surface area contributed by atoms with Crippen LogP contribution in [-0.2, 0) is 0 Å². The van der Waals surface area contributed by atoms with Gasteiger partial charge in [-0.3, -0.25) is 0 Å². The molecule has 0 spiro atoms. The maximum absolute atomic E-state index is 9.26. The Bertz CT molecular complexity index is 329. The molecule has 0 atom stereocenters. The van der Waals surface area contributed by atoms with Gasteiger partial charge in [-0.1, -0.05) is 38.0 Å². The molecule has 0 radical (unpaired) electrons. The molecule has 2 nitrogen and oxygen atoms in total. The number of benzene rings is 1. The van der Waals surface area contributed by atoms with Crippen LogP contribution in [0.4, 0.5) is 0 Å². The highest BCUT2D eigenvalue weighted by atomic mass is 16.3. The topological polar surface area (TPSA) is 40.5 Å².